The number of pyridine rings is 1. The van der Waals surface area contributed by atoms with Gasteiger partial charge in [0.15, 0.2) is 5.76 Å². The monoisotopic (exact) mass is 423 g/mol. The smallest absolute Gasteiger partial charge is 0.478 e. The minimum Gasteiger partial charge on any atom is -0.478 e. The second-order valence-electron chi connectivity index (χ2n) is 5.79. The molecular formula is C19H16F3N3O5. The van der Waals surface area contributed by atoms with Crippen molar-refractivity contribution < 1.29 is 37.4 Å². The van der Waals surface area contributed by atoms with E-state index in [1.54, 1.807) is 42.7 Å². The highest BCUT2D eigenvalue weighted by atomic mass is 19.4. The number of carboxylic acid groups (broad SMARTS) is 2. The van der Waals surface area contributed by atoms with E-state index < -0.39 is 18.1 Å². The van der Waals surface area contributed by atoms with Crippen LogP contribution in [-0.2, 0) is 11.3 Å². The molecule has 1 aromatic carbocycles. The largest absolute Gasteiger partial charge is 0.490 e. The number of hydrogen-bond donors (Lipinski definition) is 4. The number of nitrogens with zero attached hydrogens (tertiary/aromatic N) is 1. The van der Waals surface area contributed by atoms with E-state index in [-0.39, 0.29) is 12.1 Å². The second kappa shape index (κ2) is 9.09. The molecule has 3 aromatic rings. The standard InChI is InChI=1S/C17H15N3O3.C2HF3O2/c18-9-13-12(10-3-5-11(6-4-10)17(21)22)8-14(20-16(13)19)15-2-1-7-23-15;3-2(4,5)1(6)7/h1-8H,9,18H2,(H2,19,20)(H,21,22);(H,6,7). The van der Waals surface area contributed by atoms with Gasteiger partial charge in [-0.15, -0.1) is 0 Å². The Morgan fingerprint density at radius 2 is 1.70 bits per heavy atom. The van der Waals surface area contributed by atoms with E-state index in [0.717, 1.165) is 11.1 Å². The third-order valence-electron chi connectivity index (χ3n) is 3.82. The van der Waals surface area contributed by atoms with Crippen molar-refractivity contribution in [2.24, 2.45) is 5.73 Å². The van der Waals surface area contributed by atoms with Gasteiger partial charge in [0.25, 0.3) is 0 Å². The lowest BCUT2D eigenvalue weighted by Crippen LogP contribution is -2.21. The van der Waals surface area contributed by atoms with Crippen LogP contribution in [0.5, 0.6) is 0 Å². The van der Waals surface area contributed by atoms with Crippen molar-refractivity contribution in [1.82, 2.24) is 4.98 Å². The van der Waals surface area contributed by atoms with Crippen LogP contribution in [0.25, 0.3) is 22.6 Å². The number of halogens is 3. The van der Waals surface area contributed by atoms with Gasteiger partial charge in [0.05, 0.1) is 11.8 Å². The van der Waals surface area contributed by atoms with Crippen LogP contribution in [0.4, 0.5) is 19.0 Å². The number of carbonyl (C=O) groups is 2. The third-order valence-corrected chi connectivity index (χ3v) is 3.82. The van der Waals surface area contributed by atoms with E-state index in [1.807, 2.05) is 6.07 Å². The molecule has 0 atom stereocenters. The van der Waals surface area contributed by atoms with Crippen LogP contribution in [0.1, 0.15) is 15.9 Å². The van der Waals surface area contributed by atoms with E-state index >= 15 is 0 Å². The van der Waals surface area contributed by atoms with E-state index in [1.165, 1.54) is 0 Å². The number of aromatic nitrogens is 1. The minimum absolute atomic E-state index is 0.219. The number of aliphatic carboxylic acids is 1. The molecule has 0 bridgehead atoms. The number of nitrogens with two attached hydrogens (primary N) is 2. The zero-order valence-electron chi connectivity index (χ0n) is 15.2. The summed E-state index contributed by atoms with van der Waals surface area (Å²) in [6, 6.07) is 11.9. The maximum absolute atomic E-state index is 11.0. The third kappa shape index (κ3) is 5.35. The molecule has 158 valence electrons. The lowest BCUT2D eigenvalue weighted by molar-refractivity contribution is -0.192. The van der Waals surface area contributed by atoms with Crippen LogP contribution in [-0.4, -0.2) is 33.3 Å². The molecule has 6 N–H and O–H groups in total. The summed E-state index contributed by atoms with van der Waals surface area (Å²) in [5, 5.41) is 16.1. The molecular weight excluding hydrogens is 407 g/mol. The van der Waals surface area contributed by atoms with Crippen molar-refractivity contribution in [2.45, 2.75) is 12.7 Å². The first-order chi connectivity index (χ1) is 14.0. The predicted molar refractivity (Wildman–Crippen MR) is 100 cm³/mol. The quantitative estimate of drug-likeness (QED) is 0.498. The van der Waals surface area contributed by atoms with Crippen molar-refractivity contribution in [2.75, 3.05) is 5.73 Å². The molecule has 0 aliphatic heterocycles. The summed E-state index contributed by atoms with van der Waals surface area (Å²) >= 11 is 0. The van der Waals surface area contributed by atoms with Crippen molar-refractivity contribution in [1.29, 1.82) is 0 Å². The molecule has 0 radical (unpaired) electrons. The van der Waals surface area contributed by atoms with Gasteiger partial charge in [-0.2, -0.15) is 13.2 Å². The molecule has 11 heteroatoms. The molecule has 2 aromatic heterocycles. The highest BCUT2D eigenvalue weighted by molar-refractivity contribution is 5.88. The maximum Gasteiger partial charge on any atom is 0.490 e. The van der Waals surface area contributed by atoms with E-state index in [4.69, 9.17) is 30.9 Å². The topological polar surface area (TPSA) is 153 Å². The highest BCUT2D eigenvalue weighted by Gasteiger charge is 2.38. The summed E-state index contributed by atoms with van der Waals surface area (Å²) in [4.78, 5) is 24.2. The van der Waals surface area contributed by atoms with Crippen LogP contribution < -0.4 is 11.5 Å². The van der Waals surface area contributed by atoms with Gasteiger partial charge in [-0.3, -0.25) is 0 Å². The van der Waals surface area contributed by atoms with Gasteiger partial charge in [0.2, 0.25) is 0 Å². The summed E-state index contributed by atoms with van der Waals surface area (Å²) in [6.07, 6.45) is -3.52. The van der Waals surface area contributed by atoms with E-state index in [0.29, 0.717) is 22.8 Å². The molecule has 0 aliphatic rings. The fourth-order valence-electron chi connectivity index (χ4n) is 2.41. The zero-order chi connectivity index (χ0) is 22.5. The summed E-state index contributed by atoms with van der Waals surface area (Å²) in [6.45, 7) is 0.229. The maximum atomic E-state index is 11.0. The summed E-state index contributed by atoms with van der Waals surface area (Å²) in [7, 11) is 0. The highest BCUT2D eigenvalue weighted by Crippen LogP contribution is 2.31. The number of benzene rings is 1. The van der Waals surface area contributed by atoms with E-state index in [2.05, 4.69) is 4.98 Å². The van der Waals surface area contributed by atoms with Crippen LogP contribution in [0.15, 0.2) is 53.1 Å². The first-order valence-electron chi connectivity index (χ1n) is 8.21. The average molecular weight is 423 g/mol. The zero-order valence-corrected chi connectivity index (χ0v) is 15.2. The molecule has 0 aliphatic carbocycles. The van der Waals surface area contributed by atoms with Crippen LogP contribution in [0.3, 0.4) is 0 Å². The van der Waals surface area contributed by atoms with Gasteiger partial charge in [-0.25, -0.2) is 14.6 Å². The number of carboxylic acids is 2. The first-order valence-corrected chi connectivity index (χ1v) is 8.21. The Morgan fingerprint density at radius 1 is 1.10 bits per heavy atom. The fourth-order valence-corrected chi connectivity index (χ4v) is 2.41. The summed E-state index contributed by atoms with van der Waals surface area (Å²) in [5.74, 6) is -2.80. The minimum atomic E-state index is -5.08. The molecule has 0 amide bonds. The van der Waals surface area contributed by atoms with Crippen molar-refractivity contribution in [3.05, 3.63) is 59.9 Å². The Balaban J connectivity index is 0.000000396. The van der Waals surface area contributed by atoms with Crippen molar-refractivity contribution in [3.63, 3.8) is 0 Å². The molecule has 0 unspecified atom stereocenters. The van der Waals surface area contributed by atoms with Gasteiger partial charge >= 0.3 is 18.1 Å². The summed E-state index contributed by atoms with van der Waals surface area (Å²) in [5.41, 5.74) is 15.0. The van der Waals surface area contributed by atoms with Gasteiger partial charge in [-0.1, -0.05) is 12.1 Å². The number of nitrogen functional groups attached to an aromatic ring is 1. The van der Waals surface area contributed by atoms with Gasteiger partial charge < -0.3 is 26.1 Å². The molecule has 0 saturated heterocycles. The Kier molecular flexibility index (Phi) is 6.80. The van der Waals surface area contributed by atoms with Gasteiger partial charge in [0, 0.05) is 12.1 Å². The molecule has 0 fully saturated rings. The van der Waals surface area contributed by atoms with Crippen molar-refractivity contribution in [3.8, 4) is 22.6 Å². The number of anilines is 1. The normalized spacial score (nSPS) is 10.8. The predicted octanol–water partition coefficient (Wildman–Crippen LogP) is 3.38. The average Bonchev–Trinajstić information content (AvgIpc) is 3.22. The Hall–Kier alpha value is -3.86. The van der Waals surface area contributed by atoms with Gasteiger partial charge in [0.1, 0.15) is 11.5 Å². The molecule has 3 rings (SSSR count). The number of rotatable bonds is 4. The van der Waals surface area contributed by atoms with E-state index in [9.17, 15) is 18.0 Å². The van der Waals surface area contributed by atoms with Crippen LogP contribution >= 0.6 is 0 Å². The molecule has 2 heterocycles. The number of alkyl halides is 3. The Bertz CT molecular complexity index is 1030. The lowest BCUT2D eigenvalue weighted by Gasteiger charge is -2.12. The van der Waals surface area contributed by atoms with Crippen molar-refractivity contribution >= 4 is 17.8 Å². The van der Waals surface area contributed by atoms with Gasteiger partial charge in [-0.05, 0) is 41.5 Å². The van der Waals surface area contributed by atoms with Crippen LogP contribution in [0, 0.1) is 0 Å². The number of aromatic carboxylic acids is 1. The molecule has 8 nitrogen and oxygen atoms in total. The molecule has 30 heavy (non-hydrogen) atoms. The van der Waals surface area contributed by atoms with Crippen LogP contribution in [0.2, 0.25) is 0 Å². The first kappa shape index (κ1) is 22.4. The lowest BCUT2D eigenvalue weighted by atomic mass is 9.98. The second-order valence-corrected chi connectivity index (χ2v) is 5.79. The molecule has 0 saturated carbocycles. The molecule has 0 spiro atoms. The summed E-state index contributed by atoms with van der Waals surface area (Å²) < 4.78 is 37.1. The fraction of sp³-hybridized carbons (Fsp3) is 0.105. The number of hydrogen-bond acceptors (Lipinski definition) is 6. The number of furan rings is 1. The SMILES string of the molecule is NCc1c(-c2ccc(C(=O)O)cc2)cc(-c2ccco2)nc1N.O=C(O)C(F)(F)F. The Labute approximate surface area is 167 Å². The Morgan fingerprint density at radius 3 is 2.13 bits per heavy atom.